The minimum Gasteiger partial charge on any atom is -0.497 e. The van der Waals surface area contributed by atoms with Crippen LogP contribution >= 0.6 is 0 Å². The Bertz CT molecular complexity index is 2130. The third-order valence-electron chi connectivity index (χ3n) is 11.7. The van der Waals surface area contributed by atoms with Gasteiger partial charge in [-0.2, -0.15) is 0 Å². The summed E-state index contributed by atoms with van der Waals surface area (Å²) in [7, 11) is 3.30. The molecule has 2 N–H and O–H groups in total. The molecule has 8 heteroatoms. The number of hydrogen-bond acceptors (Lipinski definition) is 6. The molecule has 0 unspecified atom stereocenters. The van der Waals surface area contributed by atoms with Gasteiger partial charge in [-0.3, -0.25) is 9.59 Å². The standard InChI is InChI=1S/C47H48N4O4/c1-54-36-23-15-32(16-24-36)44-28-40(38-7-3-5-9-42(38)50-44)46(52)48-34-19-11-30(12-20-34)27-31-13-21-35(22-14-31)49-47(53)41-29-45(33-17-25-37(55-2)26-18-33)51-43-10-6-4-8-39(41)43/h3-10,15-18,23-26,28-31,34-35H,11-14,19-22,27H2,1-2H3,(H,48,52)(H,49,53). The van der Waals surface area contributed by atoms with E-state index in [2.05, 4.69) is 10.6 Å². The summed E-state index contributed by atoms with van der Waals surface area (Å²) < 4.78 is 10.7. The fourth-order valence-corrected chi connectivity index (χ4v) is 8.63. The molecular formula is C47H48N4O4. The third-order valence-corrected chi connectivity index (χ3v) is 11.7. The number of nitrogens with zero attached hydrogens (tertiary/aromatic N) is 2. The number of amides is 2. The van der Waals surface area contributed by atoms with Crippen molar-refractivity contribution >= 4 is 33.6 Å². The van der Waals surface area contributed by atoms with Gasteiger partial charge in [0, 0.05) is 34.0 Å². The number of benzene rings is 4. The van der Waals surface area contributed by atoms with Crippen molar-refractivity contribution in [2.24, 2.45) is 11.8 Å². The second-order valence-electron chi connectivity index (χ2n) is 15.2. The molecule has 280 valence electrons. The molecular weight excluding hydrogens is 685 g/mol. The SMILES string of the molecule is COc1ccc(-c2cc(C(=O)NC3CCC(CC4CCC(NC(=O)c5cc(-c6ccc(OC)cc6)nc6ccccc56)CC4)CC3)c3ccccc3n2)cc1. The molecule has 2 aliphatic rings. The van der Waals surface area contributed by atoms with Crippen LogP contribution in [0.4, 0.5) is 0 Å². The lowest BCUT2D eigenvalue weighted by Crippen LogP contribution is -2.39. The summed E-state index contributed by atoms with van der Waals surface area (Å²) in [6.07, 6.45) is 9.71. The van der Waals surface area contributed by atoms with Gasteiger partial charge < -0.3 is 20.1 Å². The van der Waals surface area contributed by atoms with Crippen LogP contribution in [0.3, 0.4) is 0 Å². The topological polar surface area (TPSA) is 102 Å². The smallest absolute Gasteiger partial charge is 0.252 e. The van der Waals surface area contributed by atoms with E-state index in [4.69, 9.17) is 19.4 Å². The highest BCUT2D eigenvalue weighted by Crippen LogP contribution is 2.36. The maximum Gasteiger partial charge on any atom is 0.252 e. The van der Waals surface area contributed by atoms with Gasteiger partial charge in [-0.15, -0.1) is 0 Å². The normalized spacial score (nSPS) is 19.8. The van der Waals surface area contributed by atoms with Crippen LogP contribution in [0.5, 0.6) is 11.5 Å². The summed E-state index contributed by atoms with van der Waals surface area (Å²) >= 11 is 0. The number of hydrogen-bond donors (Lipinski definition) is 2. The molecule has 55 heavy (non-hydrogen) atoms. The molecule has 4 aromatic carbocycles. The number of ether oxygens (including phenoxy) is 2. The molecule has 0 radical (unpaired) electrons. The van der Waals surface area contributed by atoms with E-state index in [1.54, 1.807) is 14.2 Å². The molecule has 2 saturated carbocycles. The predicted molar refractivity (Wildman–Crippen MR) is 219 cm³/mol. The van der Waals surface area contributed by atoms with E-state index in [1.165, 1.54) is 6.42 Å². The second kappa shape index (κ2) is 16.3. The summed E-state index contributed by atoms with van der Waals surface area (Å²) in [5.74, 6) is 2.85. The molecule has 0 spiro atoms. The van der Waals surface area contributed by atoms with Crippen LogP contribution in [-0.4, -0.2) is 48.1 Å². The van der Waals surface area contributed by atoms with Crippen LogP contribution in [-0.2, 0) is 0 Å². The van der Waals surface area contributed by atoms with Gasteiger partial charge in [-0.1, -0.05) is 36.4 Å². The molecule has 6 aromatic rings. The number of carbonyl (C=O) groups is 2. The van der Waals surface area contributed by atoms with E-state index < -0.39 is 0 Å². The summed E-state index contributed by atoms with van der Waals surface area (Å²) in [4.78, 5) is 37.3. The van der Waals surface area contributed by atoms with E-state index in [9.17, 15) is 9.59 Å². The zero-order valence-corrected chi connectivity index (χ0v) is 31.6. The summed E-state index contributed by atoms with van der Waals surface area (Å²) in [5, 5.41) is 8.49. The van der Waals surface area contributed by atoms with Gasteiger partial charge >= 0.3 is 0 Å². The Kier molecular flexibility index (Phi) is 10.7. The van der Waals surface area contributed by atoms with E-state index in [1.807, 2.05) is 109 Å². The van der Waals surface area contributed by atoms with Crippen LogP contribution in [0.1, 0.15) is 78.5 Å². The quantitative estimate of drug-likeness (QED) is 0.145. The first kappa shape index (κ1) is 36.2. The molecule has 2 heterocycles. The molecule has 0 atom stereocenters. The Morgan fingerprint density at radius 1 is 0.545 bits per heavy atom. The molecule has 0 bridgehead atoms. The first-order valence-corrected chi connectivity index (χ1v) is 19.6. The Morgan fingerprint density at radius 3 is 1.31 bits per heavy atom. The lowest BCUT2D eigenvalue weighted by Gasteiger charge is -2.34. The lowest BCUT2D eigenvalue weighted by molar-refractivity contribution is 0.0919. The number of nitrogens with one attached hydrogen (secondary N) is 2. The molecule has 0 saturated heterocycles. The largest absolute Gasteiger partial charge is 0.497 e. The molecule has 0 aliphatic heterocycles. The fraction of sp³-hybridized carbons (Fsp3) is 0.319. The first-order valence-electron chi connectivity index (χ1n) is 19.6. The average Bonchev–Trinajstić information content (AvgIpc) is 3.24. The summed E-state index contributed by atoms with van der Waals surface area (Å²) in [6, 6.07) is 35.5. The highest BCUT2D eigenvalue weighted by atomic mass is 16.5. The number of para-hydroxylation sites is 2. The van der Waals surface area contributed by atoms with Crippen LogP contribution in [0.15, 0.2) is 109 Å². The number of rotatable bonds is 10. The van der Waals surface area contributed by atoms with E-state index in [-0.39, 0.29) is 23.9 Å². The van der Waals surface area contributed by atoms with Crippen LogP contribution in [0.2, 0.25) is 0 Å². The number of fused-ring (bicyclic) bond motifs is 2. The van der Waals surface area contributed by atoms with Crippen molar-refractivity contribution in [3.05, 3.63) is 120 Å². The molecule has 2 amide bonds. The average molecular weight is 733 g/mol. The van der Waals surface area contributed by atoms with Crippen LogP contribution in [0, 0.1) is 11.8 Å². The van der Waals surface area contributed by atoms with Crippen molar-refractivity contribution in [3.63, 3.8) is 0 Å². The minimum absolute atomic E-state index is 0.0334. The molecule has 2 aromatic heterocycles. The summed E-state index contributed by atoms with van der Waals surface area (Å²) in [5.41, 5.74) is 6.38. The van der Waals surface area contributed by atoms with Crippen molar-refractivity contribution < 1.29 is 19.1 Å². The summed E-state index contributed by atoms with van der Waals surface area (Å²) in [6.45, 7) is 0. The first-order chi connectivity index (χ1) is 26.9. The second-order valence-corrected chi connectivity index (χ2v) is 15.2. The zero-order valence-electron chi connectivity index (χ0n) is 31.6. The maximum absolute atomic E-state index is 13.8. The van der Waals surface area contributed by atoms with Crippen molar-refractivity contribution in [1.82, 2.24) is 20.6 Å². The van der Waals surface area contributed by atoms with E-state index in [0.717, 1.165) is 107 Å². The van der Waals surface area contributed by atoms with Gasteiger partial charge in [-0.05, 0) is 142 Å². The van der Waals surface area contributed by atoms with Crippen molar-refractivity contribution in [3.8, 4) is 34.0 Å². The van der Waals surface area contributed by atoms with Gasteiger partial charge in [0.15, 0.2) is 0 Å². The number of carbonyl (C=O) groups excluding carboxylic acids is 2. The Morgan fingerprint density at radius 2 is 0.927 bits per heavy atom. The van der Waals surface area contributed by atoms with Crippen molar-refractivity contribution in [1.29, 1.82) is 0 Å². The van der Waals surface area contributed by atoms with E-state index >= 15 is 0 Å². The maximum atomic E-state index is 13.8. The number of pyridine rings is 2. The number of methoxy groups -OCH3 is 2. The van der Waals surface area contributed by atoms with Crippen LogP contribution in [0.25, 0.3) is 44.3 Å². The van der Waals surface area contributed by atoms with Crippen molar-refractivity contribution in [2.45, 2.75) is 69.9 Å². The van der Waals surface area contributed by atoms with Gasteiger partial charge in [0.2, 0.25) is 0 Å². The molecule has 8 nitrogen and oxygen atoms in total. The highest BCUT2D eigenvalue weighted by Gasteiger charge is 2.29. The third kappa shape index (κ3) is 8.19. The van der Waals surface area contributed by atoms with Crippen LogP contribution < -0.4 is 20.1 Å². The molecule has 8 rings (SSSR count). The van der Waals surface area contributed by atoms with Gasteiger partial charge in [0.25, 0.3) is 11.8 Å². The predicted octanol–water partition coefficient (Wildman–Crippen LogP) is 9.80. The zero-order chi connectivity index (χ0) is 37.7. The van der Waals surface area contributed by atoms with Gasteiger partial charge in [0.1, 0.15) is 11.5 Å². The lowest BCUT2D eigenvalue weighted by atomic mass is 9.75. The van der Waals surface area contributed by atoms with E-state index in [0.29, 0.717) is 23.0 Å². The minimum atomic E-state index is -0.0334. The highest BCUT2D eigenvalue weighted by molar-refractivity contribution is 6.08. The number of aromatic nitrogens is 2. The fourth-order valence-electron chi connectivity index (χ4n) is 8.63. The Balaban J connectivity index is 0.840. The monoisotopic (exact) mass is 732 g/mol. The Hall–Kier alpha value is -5.76. The van der Waals surface area contributed by atoms with Crippen molar-refractivity contribution in [2.75, 3.05) is 14.2 Å². The van der Waals surface area contributed by atoms with Gasteiger partial charge in [0.05, 0.1) is 47.8 Å². The van der Waals surface area contributed by atoms with Gasteiger partial charge in [-0.25, -0.2) is 9.97 Å². The molecule has 2 aliphatic carbocycles. The Labute approximate surface area is 322 Å². The molecule has 2 fully saturated rings.